The molecule has 0 bridgehead atoms. The highest BCUT2D eigenvalue weighted by atomic mass is 32.1. The smallest absolute Gasteiger partial charge is 0.147 e. The topological polar surface area (TPSA) is 60.0 Å². The van der Waals surface area contributed by atoms with Gasteiger partial charge in [-0.2, -0.15) is 0 Å². The highest BCUT2D eigenvalue weighted by Gasteiger charge is 2.26. The average molecular weight is 287 g/mol. The molecule has 0 saturated heterocycles. The molecule has 0 radical (unpaired) electrons. The number of hydrogen-bond acceptors (Lipinski definition) is 4. The molecule has 104 valence electrons. The fraction of sp³-hybridized carbons (Fsp3) is 0.357. The van der Waals surface area contributed by atoms with Crippen LogP contribution in [-0.2, 0) is 13.1 Å². The lowest BCUT2D eigenvalue weighted by atomic mass is 10.0. The molecule has 0 amide bonds. The van der Waals surface area contributed by atoms with Crippen LogP contribution in [0.2, 0.25) is 0 Å². The van der Waals surface area contributed by atoms with Gasteiger partial charge in [0, 0.05) is 25.6 Å². The molecule has 2 heterocycles. The summed E-state index contributed by atoms with van der Waals surface area (Å²) in [5.74, 6) is 1.00. The van der Waals surface area contributed by atoms with Crippen molar-refractivity contribution in [2.45, 2.75) is 25.6 Å². The maximum absolute atomic E-state index is 5.78. The van der Waals surface area contributed by atoms with Crippen LogP contribution in [0.25, 0.3) is 0 Å². The van der Waals surface area contributed by atoms with Crippen LogP contribution in [0, 0.1) is 0 Å². The maximum Gasteiger partial charge on any atom is 0.147 e. The molecule has 0 fully saturated rings. The molecule has 1 aliphatic heterocycles. The summed E-state index contributed by atoms with van der Waals surface area (Å²) in [6.07, 6.45) is 2.48. The van der Waals surface area contributed by atoms with Crippen molar-refractivity contribution in [2.75, 3.05) is 6.54 Å². The van der Waals surface area contributed by atoms with Gasteiger partial charge in [-0.3, -0.25) is 4.90 Å². The Balaban J connectivity index is 1.85. The van der Waals surface area contributed by atoms with Gasteiger partial charge in [0.2, 0.25) is 0 Å². The molecule has 0 spiro atoms. The van der Waals surface area contributed by atoms with Gasteiger partial charge in [0.1, 0.15) is 12.2 Å². The molecular formula is C14H17N5S. The molecule has 3 rings (SSSR count). The van der Waals surface area contributed by atoms with E-state index in [1.807, 2.05) is 18.2 Å². The quantitative estimate of drug-likeness (QED) is 0.864. The minimum absolute atomic E-state index is 0.208. The Morgan fingerprint density at radius 3 is 2.85 bits per heavy atom. The minimum atomic E-state index is 0.208. The first-order valence-corrected chi connectivity index (χ1v) is 7.09. The number of hydrogen-bond donors (Lipinski definition) is 1. The molecule has 1 aliphatic rings. The molecule has 1 unspecified atom stereocenters. The number of rotatable bonds is 4. The Morgan fingerprint density at radius 1 is 1.30 bits per heavy atom. The molecule has 1 aromatic carbocycles. The summed E-state index contributed by atoms with van der Waals surface area (Å²) < 4.78 is 2.10. The van der Waals surface area contributed by atoms with Crippen molar-refractivity contribution in [3.05, 3.63) is 48.0 Å². The van der Waals surface area contributed by atoms with Crippen LogP contribution < -0.4 is 5.73 Å². The summed E-state index contributed by atoms with van der Waals surface area (Å²) >= 11 is 5.12. The van der Waals surface area contributed by atoms with Crippen molar-refractivity contribution in [2.24, 2.45) is 5.73 Å². The molecular weight excluding hydrogens is 270 g/mol. The molecule has 6 heteroatoms. The minimum Gasteiger partial charge on any atom is -0.393 e. The Hall–Kier alpha value is -1.79. The molecule has 1 aromatic heterocycles. The summed E-state index contributed by atoms with van der Waals surface area (Å²) in [4.78, 5) is 2.92. The van der Waals surface area contributed by atoms with Gasteiger partial charge in [-0.1, -0.05) is 42.5 Å². The van der Waals surface area contributed by atoms with E-state index in [1.54, 1.807) is 6.33 Å². The van der Waals surface area contributed by atoms with Gasteiger partial charge in [-0.25, -0.2) is 0 Å². The largest absolute Gasteiger partial charge is 0.393 e. The lowest BCUT2D eigenvalue weighted by molar-refractivity contribution is 0.156. The van der Waals surface area contributed by atoms with E-state index >= 15 is 0 Å². The second-order valence-corrected chi connectivity index (χ2v) is 5.53. The standard InChI is InChI=1S/C14H17N5S/c15-13(20)8-12(11-4-2-1-3-5-11)18-6-7-19-10-16-17-14(19)9-18/h1-5,10,12H,6-9H2,(H2,15,20). The third kappa shape index (κ3) is 2.71. The van der Waals surface area contributed by atoms with E-state index in [1.165, 1.54) is 5.56 Å². The van der Waals surface area contributed by atoms with Crippen molar-refractivity contribution in [1.82, 2.24) is 19.7 Å². The van der Waals surface area contributed by atoms with Gasteiger partial charge in [0.25, 0.3) is 0 Å². The van der Waals surface area contributed by atoms with Crippen LogP contribution in [0.1, 0.15) is 23.9 Å². The normalized spacial score (nSPS) is 16.6. The van der Waals surface area contributed by atoms with E-state index in [-0.39, 0.29) is 6.04 Å². The number of thiocarbonyl (C=S) groups is 1. The van der Waals surface area contributed by atoms with Crippen molar-refractivity contribution < 1.29 is 0 Å². The lowest BCUT2D eigenvalue weighted by Crippen LogP contribution is -2.38. The molecule has 0 saturated carbocycles. The Labute approximate surface area is 123 Å². The number of fused-ring (bicyclic) bond motifs is 1. The SMILES string of the molecule is NC(=S)CC(c1ccccc1)N1CCn2cnnc2C1. The van der Waals surface area contributed by atoms with Crippen LogP contribution in [0.3, 0.4) is 0 Å². The highest BCUT2D eigenvalue weighted by molar-refractivity contribution is 7.80. The van der Waals surface area contributed by atoms with Gasteiger partial charge in [0.15, 0.2) is 0 Å². The summed E-state index contributed by atoms with van der Waals surface area (Å²) in [5.41, 5.74) is 7.03. The molecule has 2 aromatic rings. The van der Waals surface area contributed by atoms with Gasteiger partial charge >= 0.3 is 0 Å². The van der Waals surface area contributed by atoms with Crippen LogP contribution in [0.4, 0.5) is 0 Å². The number of nitrogens with two attached hydrogens (primary N) is 1. The zero-order chi connectivity index (χ0) is 13.9. The number of benzene rings is 1. The van der Waals surface area contributed by atoms with E-state index in [2.05, 4.69) is 31.8 Å². The van der Waals surface area contributed by atoms with Gasteiger partial charge in [-0.05, 0) is 5.56 Å². The van der Waals surface area contributed by atoms with E-state index in [4.69, 9.17) is 18.0 Å². The summed E-state index contributed by atoms with van der Waals surface area (Å²) in [6, 6.07) is 10.6. The second-order valence-electron chi connectivity index (χ2n) is 5.01. The van der Waals surface area contributed by atoms with Gasteiger partial charge in [-0.15, -0.1) is 10.2 Å². The van der Waals surface area contributed by atoms with Crippen molar-refractivity contribution in [3.63, 3.8) is 0 Å². The lowest BCUT2D eigenvalue weighted by Gasteiger charge is -2.34. The first kappa shape index (κ1) is 13.2. The van der Waals surface area contributed by atoms with Crippen LogP contribution in [0.5, 0.6) is 0 Å². The monoisotopic (exact) mass is 287 g/mol. The summed E-state index contributed by atoms with van der Waals surface area (Å²) in [7, 11) is 0. The average Bonchev–Trinajstić information content (AvgIpc) is 2.93. The first-order valence-electron chi connectivity index (χ1n) is 6.68. The zero-order valence-corrected chi connectivity index (χ0v) is 12.0. The van der Waals surface area contributed by atoms with Crippen LogP contribution in [0.15, 0.2) is 36.7 Å². The molecule has 5 nitrogen and oxygen atoms in total. The zero-order valence-electron chi connectivity index (χ0n) is 11.1. The van der Waals surface area contributed by atoms with Gasteiger partial charge in [0.05, 0.1) is 11.5 Å². The Morgan fingerprint density at radius 2 is 2.10 bits per heavy atom. The maximum atomic E-state index is 5.78. The fourth-order valence-electron chi connectivity index (χ4n) is 2.67. The number of aromatic nitrogens is 3. The van der Waals surface area contributed by atoms with Gasteiger partial charge < -0.3 is 10.3 Å². The van der Waals surface area contributed by atoms with E-state index in [0.29, 0.717) is 11.4 Å². The molecule has 0 aliphatic carbocycles. The van der Waals surface area contributed by atoms with Crippen molar-refractivity contribution in [3.8, 4) is 0 Å². The third-order valence-corrected chi connectivity index (χ3v) is 3.85. The van der Waals surface area contributed by atoms with Crippen LogP contribution in [-0.4, -0.2) is 31.2 Å². The van der Waals surface area contributed by atoms with Crippen molar-refractivity contribution in [1.29, 1.82) is 0 Å². The number of nitrogens with zero attached hydrogens (tertiary/aromatic N) is 4. The fourth-order valence-corrected chi connectivity index (χ4v) is 2.83. The summed E-state index contributed by atoms with van der Waals surface area (Å²) in [6.45, 7) is 2.64. The highest BCUT2D eigenvalue weighted by Crippen LogP contribution is 2.27. The van der Waals surface area contributed by atoms with Crippen LogP contribution >= 0.6 is 12.2 Å². The van der Waals surface area contributed by atoms with E-state index in [9.17, 15) is 0 Å². The Bertz CT molecular complexity index is 595. The molecule has 2 N–H and O–H groups in total. The molecule has 1 atom stereocenters. The van der Waals surface area contributed by atoms with E-state index in [0.717, 1.165) is 25.5 Å². The van der Waals surface area contributed by atoms with Crippen molar-refractivity contribution >= 4 is 17.2 Å². The summed E-state index contributed by atoms with van der Waals surface area (Å²) in [5, 5.41) is 8.14. The Kier molecular flexibility index (Phi) is 3.75. The third-order valence-electron chi connectivity index (χ3n) is 3.69. The molecule has 20 heavy (non-hydrogen) atoms. The predicted octanol–water partition coefficient (Wildman–Crippen LogP) is 1.51. The second kappa shape index (κ2) is 5.68. The first-order chi connectivity index (χ1) is 9.74. The predicted molar refractivity (Wildman–Crippen MR) is 81.0 cm³/mol. The van der Waals surface area contributed by atoms with E-state index < -0.39 is 0 Å².